The molecule has 0 amide bonds. The van der Waals surface area contributed by atoms with Gasteiger partial charge in [-0.3, -0.25) is 14.9 Å². The molecule has 0 bridgehead atoms. The molecule has 7 heteroatoms. The maximum absolute atomic E-state index is 13.2. The molecule has 25 heavy (non-hydrogen) atoms. The summed E-state index contributed by atoms with van der Waals surface area (Å²) in [5, 5.41) is 10.3. The van der Waals surface area contributed by atoms with E-state index in [2.05, 4.69) is 20.5 Å². The summed E-state index contributed by atoms with van der Waals surface area (Å²) in [5.74, 6) is 0.170. The molecular weight excluding hydrogens is 339 g/mol. The Labute approximate surface area is 149 Å². The van der Waals surface area contributed by atoms with Crippen molar-refractivity contribution in [1.82, 2.24) is 15.2 Å². The van der Waals surface area contributed by atoms with E-state index in [1.54, 1.807) is 24.5 Å². The number of thiocarbonyl (C=S) groups is 1. The van der Waals surface area contributed by atoms with E-state index in [0.29, 0.717) is 10.8 Å². The van der Waals surface area contributed by atoms with Gasteiger partial charge in [0.15, 0.2) is 5.82 Å². The molecule has 0 saturated heterocycles. The molecule has 0 aliphatic rings. The second-order valence-corrected chi connectivity index (χ2v) is 5.98. The van der Waals surface area contributed by atoms with Crippen LogP contribution in [0.4, 0.5) is 10.2 Å². The molecule has 126 valence electrons. The van der Waals surface area contributed by atoms with Crippen molar-refractivity contribution in [3.63, 3.8) is 0 Å². The van der Waals surface area contributed by atoms with Gasteiger partial charge in [-0.2, -0.15) is 5.10 Å². The lowest BCUT2D eigenvalue weighted by Crippen LogP contribution is -2.13. The van der Waals surface area contributed by atoms with E-state index < -0.39 is 0 Å². The van der Waals surface area contributed by atoms with Crippen LogP contribution in [0.25, 0.3) is 22.4 Å². The van der Waals surface area contributed by atoms with Crippen LogP contribution in [-0.4, -0.2) is 26.0 Å². The molecule has 0 atom stereocenters. The minimum atomic E-state index is -0.310. The van der Waals surface area contributed by atoms with Gasteiger partial charge in [0.1, 0.15) is 11.6 Å². The molecule has 0 saturated carbocycles. The first-order valence-corrected chi connectivity index (χ1v) is 7.99. The Bertz CT molecular complexity index is 907. The largest absolute Gasteiger partial charge is 0.332 e. The lowest BCUT2D eigenvalue weighted by Gasteiger charge is -2.08. The standard InChI is InChI=1S/C18H15FN4OS/c1-11(24)10-15(25)21-18-16(12-6-8-20-9-7-12)17(22-23-18)13-2-4-14(19)5-3-13/h2-9H,10H2,1H3,(H2,21,22,23,25). The first-order chi connectivity index (χ1) is 12.0. The van der Waals surface area contributed by atoms with Crippen molar-refractivity contribution in [2.24, 2.45) is 0 Å². The highest BCUT2D eigenvalue weighted by Gasteiger charge is 2.18. The fourth-order valence-corrected chi connectivity index (χ4v) is 2.76. The van der Waals surface area contributed by atoms with Gasteiger partial charge >= 0.3 is 0 Å². The number of aromatic nitrogens is 3. The maximum Gasteiger partial charge on any atom is 0.161 e. The minimum absolute atomic E-state index is 0.0303. The molecule has 3 aromatic rings. The topological polar surface area (TPSA) is 70.7 Å². The average Bonchev–Trinajstić information content (AvgIpc) is 2.99. The zero-order valence-electron chi connectivity index (χ0n) is 13.4. The van der Waals surface area contributed by atoms with Crippen molar-refractivity contribution >= 4 is 28.8 Å². The normalized spacial score (nSPS) is 10.5. The Morgan fingerprint density at radius 1 is 1.16 bits per heavy atom. The van der Waals surface area contributed by atoms with Gasteiger partial charge < -0.3 is 5.32 Å². The molecule has 3 rings (SSSR count). The smallest absolute Gasteiger partial charge is 0.161 e. The number of carbonyl (C=O) groups is 1. The number of H-pyrrole nitrogens is 1. The number of aromatic amines is 1. The van der Waals surface area contributed by atoms with Crippen molar-refractivity contribution in [2.45, 2.75) is 13.3 Å². The Kier molecular flexibility index (Phi) is 4.95. The first-order valence-electron chi connectivity index (χ1n) is 7.58. The summed E-state index contributed by atoms with van der Waals surface area (Å²) in [4.78, 5) is 15.7. The monoisotopic (exact) mass is 354 g/mol. The molecule has 0 aliphatic heterocycles. The number of nitrogens with one attached hydrogen (secondary N) is 2. The number of anilines is 1. The van der Waals surface area contributed by atoms with Gasteiger partial charge in [0.2, 0.25) is 0 Å². The predicted molar refractivity (Wildman–Crippen MR) is 98.7 cm³/mol. The molecule has 2 aromatic heterocycles. The number of nitrogens with zero attached hydrogens (tertiary/aromatic N) is 2. The van der Waals surface area contributed by atoms with Crippen LogP contribution >= 0.6 is 12.2 Å². The number of halogens is 1. The molecule has 5 nitrogen and oxygen atoms in total. The number of benzene rings is 1. The molecular formula is C18H15FN4OS. The van der Waals surface area contributed by atoms with Crippen LogP contribution in [0.5, 0.6) is 0 Å². The van der Waals surface area contributed by atoms with E-state index in [0.717, 1.165) is 22.4 Å². The summed E-state index contributed by atoms with van der Waals surface area (Å²) >= 11 is 5.22. The number of pyridine rings is 1. The fourth-order valence-electron chi connectivity index (χ4n) is 2.46. The summed E-state index contributed by atoms with van der Waals surface area (Å²) in [7, 11) is 0. The molecule has 0 spiro atoms. The lowest BCUT2D eigenvalue weighted by atomic mass is 10.0. The van der Waals surface area contributed by atoms with E-state index >= 15 is 0 Å². The van der Waals surface area contributed by atoms with Crippen molar-refractivity contribution in [2.75, 3.05) is 5.32 Å². The quantitative estimate of drug-likeness (QED) is 0.678. The lowest BCUT2D eigenvalue weighted by molar-refractivity contribution is -0.115. The Balaban J connectivity index is 2.06. The van der Waals surface area contributed by atoms with Crippen LogP contribution in [0.1, 0.15) is 13.3 Å². The fraction of sp³-hybridized carbons (Fsp3) is 0.111. The zero-order valence-corrected chi connectivity index (χ0v) is 14.2. The van der Waals surface area contributed by atoms with Gasteiger partial charge in [0.25, 0.3) is 0 Å². The Morgan fingerprint density at radius 2 is 1.84 bits per heavy atom. The van der Waals surface area contributed by atoms with E-state index in [9.17, 15) is 9.18 Å². The number of carbonyl (C=O) groups excluding carboxylic acids is 1. The van der Waals surface area contributed by atoms with E-state index in [4.69, 9.17) is 12.2 Å². The summed E-state index contributed by atoms with van der Waals surface area (Å²) in [5.41, 5.74) is 3.15. The highest BCUT2D eigenvalue weighted by molar-refractivity contribution is 7.80. The second-order valence-electron chi connectivity index (χ2n) is 5.49. The predicted octanol–water partition coefficient (Wildman–Crippen LogP) is 4.00. The number of hydrogen-bond acceptors (Lipinski definition) is 4. The van der Waals surface area contributed by atoms with Crippen LogP contribution in [0, 0.1) is 5.82 Å². The van der Waals surface area contributed by atoms with Crippen LogP contribution in [0.15, 0.2) is 48.8 Å². The summed E-state index contributed by atoms with van der Waals surface area (Å²) in [6, 6.07) is 9.81. The van der Waals surface area contributed by atoms with E-state index in [1.807, 2.05) is 12.1 Å². The van der Waals surface area contributed by atoms with Crippen LogP contribution < -0.4 is 5.32 Å². The van der Waals surface area contributed by atoms with Crippen molar-refractivity contribution in [3.05, 3.63) is 54.6 Å². The van der Waals surface area contributed by atoms with Crippen molar-refractivity contribution < 1.29 is 9.18 Å². The van der Waals surface area contributed by atoms with Gasteiger partial charge in [-0.1, -0.05) is 12.2 Å². The summed E-state index contributed by atoms with van der Waals surface area (Å²) < 4.78 is 13.2. The molecule has 2 heterocycles. The van der Waals surface area contributed by atoms with Crippen molar-refractivity contribution in [1.29, 1.82) is 0 Å². The SMILES string of the molecule is CC(=O)CC(=S)Nc1n[nH]c(-c2ccc(F)cc2)c1-c1ccncc1. The van der Waals surface area contributed by atoms with Gasteiger partial charge in [-0.15, -0.1) is 0 Å². The number of Topliss-reactive ketones (excluding diaryl/α,β-unsaturated/α-hetero) is 1. The molecule has 1 aromatic carbocycles. The van der Waals surface area contributed by atoms with Gasteiger partial charge in [-0.05, 0) is 48.9 Å². The van der Waals surface area contributed by atoms with Gasteiger partial charge in [0.05, 0.1) is 22.7 Å². The first kappa shape index (κ1) is 16.9. The molecule has 2 N–H and O–H groups in total. The van der Waals surface area contributed by atoms with E-state index in [-0.39, 0.29) is 18.0 Å². The Morgan fingerprint density at radius 3 is 2.48 bits per heavy atom. The summed E-state index contributed by atoms with van der Waals surface area (Å²) in [6.45, 7) is 1.48. The summed E-state index contributed by atoms with van der Waals surface area (Å²) in [6.07, 6.45) is 3.49. The molecule has 0 aliphatic carbocycles. The van der Waals surface area contributed by atoms with E-state index in [1.165, 1.54) is 19.1 Å². The number of hydrogen-bond donors (Lipinski definition) is 2. The average molecular weight is 354 g/mol. The zero-order chi connectivity index (χ0) is 17.8. The van der Waals surface area contributed by atoms with Gasteiger partial charge in [-0.25, -0.2) is 4.39 Å². The molecule has 0 unspecified atom stereocenters. The third-order valence-electron chi connectivity index (χ3n) is 3.54. The third kappa shape index (κ3) is 3.95. The minimum Gasteiger partial charge on any atom is -0.332 e. The third-order valence-corrected chi connectivity index (χ3v) is 3.78. The van der Waals surface area contributed by atoms with Crippen LogP contribution in [-0.2, 0) is 4.79 Å². The van der Waals surface area contributed by atoms with Crippen LogP contribution in [0.2, 0.25) is 0 Å². The van der Waals surface area contributed by atoms with Gasteiger partial charge in [0, 0.05) is 18.0 Å². The number of ketones is 1. The Hall–Kier alpha value is -2.93. The highest BCUT2D eigenvalue weighted by atomic mass is 32.1. The number of rotatable bonds is 5. The van der Waals surface area contributed by atoms with Crippen LogP contribution in [0.3, 0.4) is 0 Å². The highest BCUT2D eigenvalue weighted by Crippen LogP contribution is 2.36. The maximum atomic E-state index is 13.2. The second kappa shape index (κ2) is 7.31. The van der Waals surface area contributed by atoms with Crippen molar-refractivity contribution in [3.8, 4) is 22.4 Å². The molecule has 0 fully saturated rings. The molecule has 0 radical (unpaired) electrons.